The van der Waals surface area contributed by atoms with E-state index < -0.39 is 0 Å². The maximum Gasteiger partial charge on any atom is 0.155 e. The summed E-state index contributed by atoms with van der Waals surface area (Å²) in [6, 6.07) is 59.1. The predicted octanol–water partition coefficient (Wildman–Crippen LogP) is 21.8. The van der Waals surface area contributed by atoms with Crippen LogP contribution in [0.4, 0.5) is 0 Å². The van der Waals surface area contributed by atoms with Crippen molar-refractivity contribution in [3.63, 3.8) is 0 Å². The molecule has 8 aromatic carbocycles. The largest absolute Gasteiger partial charge is 0.512 e. The van der Waals surface area contributed by atoms with Gasteiger partial charge in [0.2, 0.25) is 0 Å². The molecule has 121 heavy (non-hydrogen) atoms. The Morgan fingerprint density at radius 1 is 0.314 bits per heavy atom. The van der Waals surface area contributed by atoms with Gasteiger partial charge in [0.15, 0.2) is 23.1 Å². The summed E-state index contributed by atoms with van der Waals surface area (Å²) in [6.45, 7) is 30.2. The van der Waals surface area contributed by atoms with E-state index in [0.717, 1.165) is 140 Å². The third-order valence-corrected chi connectivity index (χ3v) is 17.5. The number of aliphatic hydroxyl groups is 4. The van der Waals surface area contributed by atoms with Gasteiger partial charge in [0, 0.05) is 175 Å². The van der Waals surface area contributed by atoms with Crippen LogP contribution in [0.25, 0.3) is 88.6 Å². The summed E-state index contributed by atoms with van der Waals surface area (Å²) < 4.78 is 43.0. The zero-order chi connectivity index (χ0) is 87.1. The Hall–Kier alpha value is -10.8. The number of methoxy groups -OCH3 is 8. The number of fused-ring (bicyclic) bond motifs is 4. The van der Waals surface area contributed by atoms with Crippen LogP contribution >= 0.6 is 0 Å². The van der Waals surface area contributed by atoms with Gasteiger partial charge >= 0.3 is 0 Å². The molecule has 0 spiro atoms. The van der Waals surface area contributed by atoms with E-state index in [9.17, 15) is 19.2 Å². The Bertz CT molecular complexity index is 5540. The van der Waals surface area contributed by atoms with E-state index in [1.807, 2.05) is 115 Å². The minimum Gasteiger partial charge on any atom is -0.512 e. The van der Waals surface area contributed by atoms with Gasteiger partial charge in [-0.15, -0.1) is 139 Å². The van der Waals surface area contributed by atoms with Gasteiger partial charge in [-0.3, -0.25) is 39.1 Å². The Morgan fingerprint density at radius 2 is 0.636 bits per heavy atom. The Kier molecular flexibility index (Phi) is 47.5. The van der Waals surface area contributed by atoms with Crippen LogP contribution in [0.3, 0.4) is 0 Å². The number of hydrogen-bond acceptors (Lipinski definition) is 20. The summed E-state index contributed by atoms with van der Waals surface area (Å²) in [7, 11) is 13.2. The third-order valence-electron chi connectivity index (χ3n) is 17.5. The maximum absolute atomic E-state index is 10.0. The summed E-state index contributed by atoms with van der Waals surface area (Å²) in [5.41, 5.74) is 21.9. The Labute approximate surface area is 765 Å². The predicted molar refractivity (Wildman–Crippen MR) is 467 cm³/mol. The minimum absolute atomic E-state index is 0. The van der Waals surface area contributed by atoms with Crippen LogP contribution in [0.15, 0.2) is 187 Å². The van der Waals surface area contributed by atoms with E-state index in [-0.39, 0.29) is 127 Å². The molecule has 0 amide bonds. The molecule has 0 fully saturated rings. The van der Waals surface area contributed by atoms with E-state index in [4.69, 9.17) is 78.3 Å². The zero-order valence-corrected chi connectivity index (χ0v) is 82.5. The first-order chi connectivity index (χ1) is 55.4. The molecule has 12 aromatic rings. The number of pyridine rings is 4. The van der Waals surface area contributed by atoms with E-state index in [0.29, 0.717) is 0 Å². The van der Waals surface area contributed by atoms with Crippen LogP contribution < -0.4 is 37.9 Å². The molecule has 4 radical (unpaired) electrons. The van der Waals surface area contributed by atoms with Crippen LogP contribution in [-0.4, -0.2) is 120 Å². The van der Waals surface area contributed by atoms with Crippen molar-refractivity contribution < 1.29 is 158 Å². The fourth-order valence-corrected chi connectivity index (χ4v) is 11.6. The van der Waals surface area contributed by atoms with Crippen LogP contribution in [0.2, 0.25) is 0 Å². The molecular weight excluding hydrogens is 2250 g/mol. The number of carbonyl (C=O) groups is 4. The molecule has 4 heterocycles. The first-order valence-electron chi connectivity index (χ1n) is 37.0. The fraction of sp³-hybridized carbons (Fsp3) is 0.258. The monoisotopic (exact) mass is 2350 g/mol. The summed E-state index contributed by atoms with van der Waals surface area (Å²) in [5, 5.41) is 37.3. The summed E-state index contributed by atoms with van der Waals surface area (Å²) in [4.78, 5) is 59.2. The molecule has 0 aliphatic rings. The molecule has 650 valence electrons. The summed E-state index contributed by atoms with van der Waals surface area (Å²) >= 11 is 0. The smallest absolute Gasteiger partial charge is 0.155 e. The van der Waals surface area contributed by atoms with Crippen LogP contribution in [0.1, 0.15) is 105 Å². The van der Waals surface area contributed by atoms with Crippen LogP contribution in [0.5, 0.6) is 46.0 Å². The average Bonchev–Trinajstić information content (AvgIpc) is 0.802. The fourth-order valence-electron chi connectivity index (χ4n) is 11.6. The van der Waals surface area contributed by atoms with Crippen molar-refractivity contribution in [1.82, 2.24) is 19.9 Å². The second kappa shape index (κ2) is 53.1. The molecule has 4 N–H and O–H groups in total. The SMILES string of the molecule is CC(=O)C=C(C)O.CC(=O)C=C(C)O.CC(=O)C=C(C)O.CC(=O)C=C(C)O.COc1cc(OC)c2ccc(-c3[c-]c(C)c(C)cc3C)nc2c1.COc1cc(OC)c2ccc(-c3[c-]cc(C)c(C)c3)nc2c1.COc1cc(OC)c2ccc(-c3[c-]cc(C)cc3C)nc2c1.COc1cc(OC)c2ccc(-c3[c-]ccc(C)c3C)nc2c1.[Ir].[Ir].[Ir].[Ir]. The molecule has 12 rings (SSSR count). The number of aliphatic hydroxyl groups excluding tert-OH is 4. The van der Waals surface area contributed by atoms with Gasteiger partial charge in [0.05, 0.1) is 102 Å². The summed E-state index contributed by atoms with van der Waals surface area (Å²) in [6.07, 6.45) is 4.67. The molecule has 0 atom stereocenters. The van der Waals surface area contributed by atoms with Gasteiger partial charge < -0.3 is 58.3 Å². The molecule has 24 heteroatoms. The van der Waals surface area contributed by atoms with Gasteiger partial charge in [-0.2, -0.15) is 0 Å². The Morgan fingerprint density at radius 3 is 0.942 bits per heavy atom. The van der Waals surface area contributed by atoms with E-state index in [2.05, 4.69) is 111 Å². The van der Waals surface area contributed by atoms with E-state index >= 15 is 0 Å². The molecule has 0 unspecified atom stereocenters. The molecule has 0 bridgehead atoms. The summed E-state index contributed by atoms with van der Waals surface area (Å²) in [5.74, 6) is 5.74. The molecule has 0 saturated carbocycles. The first kappa shape index (κ1) is 108. The van der Waals surface area contributed by atoms with E-state index in [1.54, 1.807) is 56.9 Å². The number of nitrogens with zero attached hydrogens (tertiary/aromatic N) is 4. The van der Waals surface area contributed by atoms with Crippen LogP contribution in [-0.2, 0) is 99.6 Å². The van der Waals surface area contributed by atoms with Crippen molar-refractivity contribution in [3.05, 3.63) is 261 Å². The number of rotatable bonds is 16. The van der Waals surface area contributed by atoms with E-state index in [1.165, 1.54) is 124 Å². The molecule has 0 aliphatic carbocycles. The van der Waals surface area contributed by atoms with Crippen molar-refractivity contribution in [2.45, 2.75) is 118 Å². The van der Waals surface area contributed by atoms with Crippen molar-refractivity contribution in [2.24, 2.45) is 0 Å². The number of aromatic nitrogens is 4. The molecule has 4 aromatic heterocycles. The first-order valence-corrected chi connectivity index (χ1v) is 37.0. The van der Waals surface area contributed by atoms with Gasteiger partial charge in [0.1, 0.15) is 46.0 Å². The number of allylic oxidation sites excluding steroid dienone is 8. The molecule has 0 aliphatic heterocycles. The number of ketones is 4. The number of benzene rings is 8. The van der Waals surface area contributed by atoms with Gasteiger partial charge in [-0.25, -0.2) is 0 Å². The second-order valence-corrected chi connectivity index (χ2v) is 27.2. The molecular formula is C97H106Ir4N4O16-4. The Balaban J connectivity index is 0.000000722. The number of carbonyl (C=O) groups excluding carboxylic acids is 4. The minimum atomic E-state index is -0.125. The molecule has 20 nitrogen and oxygen atoms in total. The normalized spacial score (nSPS) is 10.6. The number of ether oxygens (including phenoxy) is 8. The standard InChI is InChI=1S/C20H20NO2.3C19H18NO2.4C5H8O2.4Ir/c1-12-8-14(3)17(9-13(12)2)18-7-6-16-19(21-18)10-15(22-4)11-20(16)23-5;1-12-5-6-14(9-13(12)2)17-8-7-16-18(20-17)10-15(21-3)11-19(16)22-4;1-12-5-6-15(13(2)9-12)17-8-7-16-18(20-17)10-14(21-3)11-19(16)22-4;1-12-6-5-7-15(13(12)2)17-9-8-16-18(20-17)10-14(21-3)11-19(16)22-4;4*1-4(6)3-5(2)7;;;;/h6-8,10-11H,1-5H3;2*5,7-11H,1-4H3;5-6,8-11H,1-4H3;4*3,6H,1-2H3;;;;/q4*-1;;;;;;;;. The number of hydrogen-bond donors (Lipinski definition) is 4. The van der Waals surface area contributed by atoms with Crippen molar-refractivity contribution in [1.29, 1.82) is 0 Å². The topological polar surface area (TPSA) is 275 Å². The van der Waals surface area contributed by atoms with Crippen LogP contribution in [0, 0.1) is 86.6 Å². The van der Waals surface area contributed by atoms with Crippen molar-refractivity contribution in [2.75, 3.05) is 56.9 Å². The average molecular weight is 2350 g/mol. The zero-order valence-electron chi connectivity index (χ0n) is 72.9. The van der Waals surface area contributed by atoms with Gasteiger partial charge in [0.25, 0.3) is 0 Å². The third kappa shape index (κ3) is 33.6. The van der Waals surface area contributed by atoms with Gasteiger partial charge in [-0.1, -0.05) is 111 Å². The quantitative estimate of drug-likeness (QED) is 0.0397. The molecule has 0 saturated heterocycles. The second-order valence-electron chi connectivity index (χ2n) is 27.2. The number of aryl methyl sites for hydroxylation is 8. The van der Waals surface area contributed by atoms with Crippen molar-refractivity contribution >= 4 is 66.7 Å². The van der Waals surface area contributed by atoms with Crippen molar-refractivity contribution in [3.8, 4) is 91.0 Å². The van der Waals surface area contributed by atoms with Gasteiger partial charge in [-0.05, 0) is 78.2 Å². The maximum atomic E-state index is 10.0.